The van der Waals surface area contributed by atoms with E-state index in [1.807, 2.05) is 39.0 Å². The first kappa shape index (κ1) is 20.9. The van der Waals surface area contributed by atoms with Gasteiger partial charge in [0.25, 0.3) is 0 Å². The number of amides is 1. The number of benzene rings is 1. The van der Waals surface area contributed by atoms with Gasteiger partial charge in [0.15, 0.2) is 5.13 Å². The molecular weight excluding hydrogens is 426 g/mol. The number of ether oxygens (including phenoxy) is 2. The van der Waals surface area contributed by atoms with Crippen molar-refractivity contribution in [1.82, 2.24) is 19.9 Å². The SMILES string of the molecule is CC(C)(C)OC(=O)N1CC(c2nccnc2O[C@H]2C[C@@H](Nc3nc4ccccc4s3)C2)C1. The number of hydrogen-bond donors (Lipinski definition) is 1. The summed E-state index contributed by atoms with van der Waals surface area (Å²) in [5.41, 5.74) is 1.34. The first-order valence-corrected chi connectivity index (χ1v) is 11.7. The van der Waals surface area contributed by atoms with Crippen molar-refractivity contribution in [2.75, 3.05) is 18.4 Å². The maximum atomic E-state index is 12.2. The van der Waals surface area contributed by atoms with Crippen molar-refractivity contribution in [1.29, 1.82) is 0 Å². The number of carbonyl (C=O) groups is 1. The van der Waals surface area contributed by atoms with Crippen LogP contribution in [-0.2, 0) is 4.74 Å². The maximum Gasteiger partial charge on any atom is 0.410 e. The number of anilines is 1. The van der Waals surface area contributed by atoms with Crippen LogP contribution in [0, 0.1) is 0 Å². The Hall–Kier alpha value is -2.94. The fourth-order valence-electron chi connectivity index (χ4n) is 3.88. The van der Waals surface area contributed by atoms with E-state index in [0.29, 0.717) is 25.0 Å². The Bertz CT molecular complexity index is 1080. The Kier molecular flexibility index (Phi) is 5.36. The molecule has 0 spiro atoms. The standard InChI is InChI=1S/C23H27N5O3S/c1-23(2,3)31-22(29)28-12-14(13-28)19-20(25-9-8-24-19)30-16-10-15(11-16)26-21-27-17-6-4-5-7-18(17)32-21/h4-9,14-16H,10-13H2,1-3H3,(H,26,27)/t15-,16+. The van der Waals surface area contributed by atoms with Gasteiger partial charge in [-0.2, -0.15) is 0 Å². The Morgan fingerprint density at radius 1 is 1.16 bits per heavy atom. The van der Waals surface area contributed by atoms with Crippen molar-refractivity contribution < 1.29 is 14.3 Å². The lowest BCUT2D eigenvalue weighted by molar-refractivity contribution is 0.00711. The Morgan fingerprint density at radius 3 is 2.66 bits per heavy atom. The molecule has 168 valence electrons. The van der Waals surface area contributed by atoms with Crippen LogP contribution in [0.2, 0.25) is 0 Å². The molecule has 2 aromatic heterocycles. The predicted molar refractivity (Wildman–Crippen MR) is 123 cm³/mol. The highest BCUT2D eigenvalue weighted by Gasteiger charge is 2.38. The first-order chi connectivity index (χ1) is 15.3. The predicted octanol–water partition coefficient (Wildman–Crippen LogP) is 4.44. The van der Waals surface area contributed by atoms with Gasteiger partial charge < -0.3 is 19.7 Å². The lowest BCUT2D eigenvalue weighted by atomic mass is 9.89. The van der Waals surface area contributed by atoms with Gasteiger partial charge in [-0.3, -0.25) is 4.98 Å². The van der Waals surface area contributed by atoms with Crippen LogP contribution >= 0.6 is 11.3 Å². The lowest BCUT2D eigenvalue weighted by Crippen LogP contribution is -2.50. The molecule has 1 aliphatic heterocycles. The average molecular weight is 454 g/mol. The summed E-state index contributed by atoms with van der Waals surface area (Å²) < 4.78 is 12.8. The lowest BCUT2D eigenvalue weighted by Gasteiger charge is -2.40. The van der Waals surface area contributed by atoms with Gasteiger partial charge >= 0.3 is 6.09 Å². The third kappa shape index (κ3) is 4.48. The fraction of sp³-hybridized carbons (Fsp3) is 0.478. The number of para-hydroxylation sites is 1. The van der Waals surface area contributed by atoms with Gasteiger partial charge in [0, 0.05) is 50.3 Å². The minimum atomic E-state index is -0.497. The molecule has 0 radical (unpaired) electrons. The van der Waals surface area contributed by atoms with Crippen LogP contribution in [0.15, 0.2) is 36.7 Å². The van der Waals surface area contributed by atoms with Crippen LogP contribution in [-0.4, -0.2) is 56.8 Å². The molecule has 8 nitrogen and oxygen atoms in total. The Morgan fingerprint density at radius 2 is 1.91 bits per heavy atom. The van der Waals surface area contributed by atoms with Crippen LogP contribution in [0.3, 0.4) is 0 Å². The molecule has 9 heteroatoms. The molecule has 5 rings (SSSR count). The molecule has 32 heavy (non-hydrogen) atoms. The van der Waals surface area contributed by atoms with Gasteiger partial charge in [0.2, 0.25) is 5.88 Å². The maximum absolute atomic E-state index is 12.2. The zero-order chi connectivity index (χ0) is 22.3. The molecule has 1 aliphatic carbocycles. The van der Waals surface area contributed by atoms with Gasteiger partial charge in [0.05, 0.1) is 10.2 Å². The van der Waals surface area contributed by atoms with Gasteiger partial charge in [0.1, 0.15) is 17.4 Å². The fourth-order valence-corrected chi connectivity index (χ4v) is 4.82. The number of rotatable bonds is 5. The Balaban J connectivity index is 1.14. The summed E-state index contributed by atoms with van der Waals surface area (Å²) >= 11 is 1.67. The van der Waals surface area contributed by atoms with Crippen LogP contribution in [0.1, 0.15) is 45.2 Å². The van der Waals surface area contributed by atoms with E-state index < -0.39 is 5.60 Å². The zero-order valence-corrected chi connectivity index (χ0v) is 19.3. The van der Waals surface area contributed by atoms with E-state index >= 15 is 0 Å². The third-order valence-electron chi connectivity index (χ3n) is 5.61. The monoisotopic (exact) mass is 453 g/mol. The molecule has 3 heterocycles. The number of fused-ring (bicyclic) bond motifs is 1. The highest BCUT2D eigenvalue weighted by molar-refractivity contribution is 7.22. The molecule has 0 bridgehead atoms. The molecule has 0 atom stereocenters. The number of nitrogens with zero attached hydrogens (tertiary/aromatic N) is 4. The summed E-state index contributed by atoms with van der Waals surface area (Å²) in [5, 5.41) is 4.46. The van der Waals surface area contributed by atoms with Crippen molar-refractivity contribution >= 4 is 32.8 Å². The van der Waals surface area contributed by atoms with Crippen LogP contribution in [0.25, 0.3) is 10.2 Å². The second kappa shape index (κ2) is 8.20. The van der Waals surface area contributed by atoms with E-state index in [2.05, 4.69) is 26.3 Å². The summed E-state index contributed by atoms with van der Waals surface area (Å²) in [5.74, 6) is 0.688. The first-order valence-electron chi connectivity index (χ1n) is 10.9. The van der Waals surface area contributed by atoms with E-state index in [9.17, 15) is 4.79 Å². The van der Waals surface area contributed by atoms with Crippen LogP contribution in [0.4, 0.5) is 9.93 Å². The van der Waals surface area contributed by atoms with E-state index in [0.717, 1.165) is 29.2 Å². The number of carbonyl (C=O) groups excluding carboxylic acids is 1. The van der Waals surface area contributed by atoms with Crippen molar-refractivity contribution in [2.24, 2.45) is 0 Å². The molecule has 1 N–H and O–H groups in total. The third-order valence-corrected chi connectivity index (χ3v) is 6.57. The van der Waals surface area contributed by atoms with Gasteiger partial charge in [-0.25, -0.2) is 14.8 Å². The van der Waals surface area contributed by atoms with E-state index in [4.69, 9.17) is 9.47 Å². The molecule has 0 unspecified atom stereocenters. The van der Waals surface area contributed by atoms with Crippen LogP contribution < -0.4 is 10.1 Å². The quantitative estimate of drug-likeness (QED) is 0.611. The Labute approximate surface area is 191 Å². The highest BCUT2D eigenvalue weighted by Crippen LogP contribution is 2.35. The molecule has 2 fully saturated rings. The second-order valence-corrected chi connectivity index (χ2v) is 10.4. The van der Waals surface area contributed by atoms with E-state index in [-0.39, 0.29) is 18.1 Å². The number of aromatic nitrogens is 3. The molecule has 3 aromatic rings. The summed E-state index contributed by atoms with van der Waals surface area (Å²) in [4.78, 5) is 27.5. The molecule has 1 amide bonds. The number of thiazole rings is 1. The average Bonchev–Trinajstić information content (AvgIpc) is 3.07. The van der Waals surface area contributed by atoms with Gasteiger partial charge in [-0.15, -0.1) is 0 Å². The summed E-state index contributed by atoms with van der Waals surface area (Å²) in [6.07, 6.45) is 4.92. The van der Waals surface area contributed by atoms with Crippen molar-refractivity contribution in [2.45, 2.75) is 57.3 Å². The van der Waals surface area contributed by atoms with E-state index in [1.165, 1.54) is 4.70 Å². The summed E-state index contributed by atoms with van der Waals surface area (Å²) in [6.45, 7) is 6.74. The zero-order valence-electron chi connectivity index (χ0n) is 18.4. The summed E-state index contributed by atoms with van der Waals surface area (Å²) in [6, 6.07) is 8.50. The van der Waals surface area contributed by atoms with Crippen molar-refractivity contribution in [3.63, 3.8) is 0 Å². The molecule has 1 aromatic carbocycles. The van der Waals surface area contributed by atoms with E-state index in [1.54, 1.807) is 28.6 Å². The van der Waals surface area contributed by atoms with Crippen molar-refractivity contribution in [3.05, 3.63) is 42.4 Å². The summed E-state index contributed by atoms with van der Waals surface area (Å²) in [7, 11) is 0. The van der Waals surface area contributed by atoms with Crippen LogP contribution in [0.5, 0.6) is 5.88 Å². The van der Waals surface area contributed by atoms with Gasteiger partial charge in [-0.05, 0) is 32.9 Å². The number of hydrogen-bond acceptors (Lipinski definition) is 8. The minimum absolute atomic E-state index is 0.0966. The topological polar surface area (TPSA) is 89.5 Å². The second-order valence-electron chi connectivity index (χ2n) is 9.37. The molecular formula is C23H27N5O3S. The van der Waals surface area contributed by atoms with Crippen molar-refractivity contribution in [3.8, 4) is 5.88 Å². The largest absolute Gasteiger partial charge is 0.473 e. The van der Waals surface area contributed by atoms with Gasteiger partial charge in [-0.1, -0.05) is 23.5 Å². The molecule has 1 saturated heterocycles. The number of likely N-dealkylation sites (tertiary alicyclic amines) is 1. The minimum Gasteiger partial charge on any atom is -0.473 e. The highest BCUT2D eigenvalue weighted by atomic mass is 32.1. The number of nitrogens with one attached hydrogen (secondary N) is 1. The smallest absolute Gasteiger partial charge is 0.410 e. The molecule has 1 saturated carbocycles. The normalized spacial score (nSPS) is 21.0. The molecule has 2 aliphatic rings.